The minimum atomic E-state index is 0.663. The third-order valence-corrected chi connectivity index (χ3v) is 3.39. The van der Waals surface area contributed by atoms with Crippen molar-refractivity contribution in [3.05, 3.63) is 29.8 Å². The molecule has 0 fully saturated rings. The van der Waals surface area contributed by atoms with Crippen LogP contribution in [-0.4, -0.2) is 26.7 Å². The number of nitrogens with zero attached hydrogens (tertiary/aromatic N) is 1. The summed E-state index contributed by atoms with van der Waals surface area (Å²) in [5.74, 6) is 0.663. The first-order chi connectivity index (χ1) is 8.19. The van der Waals surface area contributed by atoms with Gasteiger partial charge in [0, 0.05) is 25.8 Å². The van der Waals surface area contributed by atoms with Crippen LogP contribution < -0.4 is 10.2 Å². The van der Waals surface area contributed by atoms with Gasteiger partial charge >= 0.3 is 0 Å². The Balaban J connectivity index is 2.54. The van der Waals surface area contributed by atoms with Crippen molar-refractivity contribution in [3.8, 4) is 0 Å². The Hall–Kier alpha value is -1.02. The van der Waals surface area contributed by atoms with Crippen LogP contribution in [0.25, 0.3) is 0 Å². The van der Waals surface area contributed by atoms with E-state index in [1.165, 1.54) is 17.7 Å². The first kappa shape index (κ1) is 14.0. The molecule has 1 N–H and O–H groups in total. The van der Waals surface area contributed by atoms with Gasteiger partial charge in [-0.05, 0) is 36.6 Å². The zero-order chi connectivity index (χ0) is 12.7. The number of nitrogens with one attached hydrogen (secondary N) is 1. The van der Waals surface area contributed by atoms with E-state index in [9.17, 15) is 0 Å². The first-order valence-corrected chi connectivity index (χ1v) is 6.70. The maximum atomic E-state index is 3.35. The maximum Gasteiger partial charge on any atom is 0.0364 e. The van der Waals surface area contributed by atoms with Gasteiger partial charge in [0.2, 0.25) is 0 Å². The van der Waals surface area contributed by atoms with Crippen LogP contribution in [0.15, 0.2) is 24.3 Å². The Morgan fingerprint density at radius 2 is 1.82 bits per heavy atom. The Bertz CT molecular complexity index is 305. The number of hydrogen-bond donors (Lipinski definition) is 1. The molecule has 0 aliphatic rings. The molecule has 17 heavy (non-hydrogen) atoms. The van der Waals surface area contributed by atoms with E-state index in [0.29, 0.717) is 5.92 Å². The molecule has 96 valence electrons. The zero-order valence-corrected chi connectivity index (χ0v) is 11.7. The maximum absolute atomic E-state index is 3.35. The molecule has 1 atom stereocenters. The van der Waals surface area contributed by atoms with Crippen LogP contribution in [0.3, 0.4) is 0 Å². The molecule has 0 saturated carbocycles. The summed E-state index contributed by atoms with van der Waals surface area (Å²) in [6, 6.07) is 8.97. The van der Waals surface area contributed by atoms with Crippen molar-refractivity contribution in [2.24, 2.45) is 0 Å². The van der Waals surface area contributed by atoms with Crippen molar-refractivity contribution in [3.63, 3.8) is 0 Å². The lowest BCUT2D eigenvalue weighted by Gasteiger charge is -2.20. The molecule has 2 heteroatoms. The summed E-state index contributed by atoms with van der Waals surface area (Å²) >= 11 is 0. The number of benzene rings is 1. The molecular weight excluding hydrogens is 208 g/mol. The van der Waals surface area contributed by atoms with Crippen LogP contribution >= 0.6 is 0 Å². The third kappa shape index (κ3) is 4.39. The molecule has 2 nitrogen and oxygen atoms in total. The normalized spacial score (nSPS) is 12.5. The van der Waals surface area contributed by atoms with Gasteiger partial charge in [-0.3, -0.25) is 0 Å². The van der Waals surface area contributed by atoms with E-state index in [0.717, 1.165) is 19.6 Å². The molecule has 0 bridgehead atoms. The lowest BCUT2D eigenvalue weighted by Crippen LogP contribution is -2.28. The molecule has 0 aliphatic heterocycles. The van der Waals surface area contributed by atoms with Crippen LogP contribution in [0, 0.1) is 0 Å². The van der Waals surface area contributed by atoms with Crippen molar-refractivity contribution in [1.29, 1.82) is 0 Å². The van der Waals surface area contributed by atoms with Crippen LogP contribution in [0.2, 0.25) is 0 Å². The van der Waals surface area contributed by atoms with E-state index < -0.39 is 0 Å². The molecule has 0 spiro atoms. The van der Waals surface area contributed by atoms with Gasteiger partial charge in [0.15, 0.2) is 0 Å². The summed E-state index contributed by atoms with van der Waals surface area (Å²) in [6.45, 7) is 9.80. The van der Waals surface area contributed by atoms with Crippen molar-refractivity contribution < 1.29 is 0 Å². The zero-order valence-electron chi connectivity index (χ0n) is 11.7. The van der Waals surface area contributed by atoms with Crippen molar-refractivity contribution in [1.82, 2.24) is 5.32 Å². The van der Waals surface area contributed by atoms with Gasteiger partial charge in [0.05, 0.1) is 0 Å². The molecule has 0 aromatic heterocycles. The fourth-order valence-corrected chi connectivity index (χ4v) is 1.85. The van der Waals surface area contributed by atoms with Gasteiger partial charge in [-0.2, -0.15) is 0 Å². The highest BCUT2D eigenvalue weighted by atomic mass is 15.1. The van der Waals surface area contributed by atoms with E-state index >= 15 is 0 Å². The first-order valence-electron chi connectivity index (χ1n) is 6.70. The molecule has 1 rings (SSSR count). The van der Waals surface area contributed by atoms with Crippen molar-refractivity contribution in [2.45, 2.75) is 33.1 Å². The van der Waals surface area contributed by atoms with Gasteiger partial charge in [0.25, 0.3) is 0 Å². The number of likely N-dealkylation sites (N-methyl/N-ethyl adjacent to an activating group) is 2. The van der Waals surface area contributed by atoms with E-state index in [1.54, 1.807) is 0 Å². The lowest BCUT2D eigenvalue weighted by molar-refractivity contribution is 0.705. The second kappa shape index (κ2) is 7.33. The summed E-state index contributed by atoms with van der Waals surface area (Å²) in [7, 11) is 2.15. The van der Waals surface area contributed by atoms with Gasteiger partial charge in [-0.1, -0.05) is 32.9 Å². The fraction of sp³-hybridized carbons (Fsp3) is 0.600. The summed E-state index contributed by atoms with van der Waals surface area (Å²) in [6.07, 6.45) is 1.20. The van der Waals surface area contributed by atoms with Crippen LogP contribution in [0.5, 0.6) is 0 Å². The lowest BCUT2D eigenvalue weighted by atomic mass is 9.98. The summed E-state index contributed by atoms with van der Waals surface area (Å²) in [5.41, 5.74) is 2.74. The Kier molecular flexibility index (Phi) is 6.06. The highest BCUT2D eigenvalue weighted by molar-refractivity contribution is 5.47. The average Bonchev–Trinajstić information content (AvgIpc) is 2.38. The highest BCUT2D eigenvalue weighted by Crippen LogP contribution is 2.21. The summed E-state index contributed by atoms with van der Waals surface area (Å²) in [5, 5.41) is 3.35. The van der Waals surface area contributed by atoms with Gasteiger partial charge in [0.1, 0.15) is 0 Å². The molecule has 1 aromatic carbocycles. The minimum Gasteiger partial charge on any atom is -0.373 e. The second-order valence-electron chi connectivity index (χ2n) is 4.68. The van der Waals surface area contributed by atoms with Gasteiger partial charge < -0.3 is 10.2 Å². The van der Waals surface area contributed by atoms with E-state index in [4.69, 9.17) is 0 Å². The van der Waals surface area contributed by atoms with Gasteiger partial charge in [-0.25, -0.2) is 0 Å². The van der Waals surface area contributed by atoms with Crippen molar-refractivity contribution in [2.75, 3.05) is 31.6 Å². The molecule has 0 aliphatic carbocycles. The largest absolute Gasteiger partial charge is 0.373 e. The predicted octanol–water partition coefficient (Wildman–Crippen LogP) is 3.25. The smallest absolute Gasteiger partial charge is 0.0364 e. The Morgan fingerprint density at radius 1 is 1.18 bits per heavy atom. The SMILES string of the molecule is CCNCCN(C)c1ccc(C(C)CC)cc1. The van der Waals surface area contributed by atoms with Crippen LogP contribution in [0.1, 0.15) is 38.7 Å². The quantitative estimate of drug-likeness (QED) is 0.729. The number of anilines is 1. The molecule has 1 unspecified atom stereocenters. The summed E-state index contributed by atoms with van der Waals surface area (Å²) in [4.78, 5) is 2.29. The average molecular weight is 234 g/mol. The molecular formula is C15H26N2. The summed E-state index contributed by atoms with van der Waals surface area (Å²) < 4.78 is 0. The second-order valence-corrected chi connectivity index (χ2v) is 4.68. The third-order valence-electron chi connectivity index (χ3n) is 3.39. The van der Waals surface area contributed by atoms with E-state index in [1.807, 2.05) is 0 Å². The molecule has 1 aromatic rings. The standard InChI is InChI=1S/C15H26N2/c1-5-13(3)14-7-9-15(10-8-14)17(4)12-11-16-6-2/h7-10,13,16H,5-6,11-12H2,1-4H3. The highest BCUT2D eigenvalue weighted by Gasteiger charge is 2.04. The molecule has 0 radical (unpaired) electrons. The minimum absolute atomic E-state index is 0.663. The molecule has 0 heterocycles. The van der Waals surface area contributed by atoms with E-state index in [-0.39, 0.29) is 0 Å². The monoisotopic (exact) mass is 234 g/mol. The molecule has 0 saturated heterocycles. The van der Waals surface area contributed by atoms with Gasteiger partial charge in [-0.15, -0.1) is 0 Å². The Morgan fingerprint density at radius 3 is 2.35 bits per heavy atom. The molecule has 0 amide bonds. The number of hydrogen-bond acceptors (Lipinski definition) is 2. The predicted molar refractivity (Wildman–Crippen MR) is 77.0 cm³/mol. The van der Waals surface area contributed by atoms with E-state index in [2.05, 4.69) is 62.3 Å². The number of rotatable bonds is 7. The fourth-order valence-electron chi connectivity index (χ4n) is 1.85. The Labute approximate surface area is 106 Å². The van der Waals surface area contributed by atoms with Crippen molar-refractivity contribution >= 4 is 5.69 Å². The van der Waals surface area contributed by atoms with Crippen LogP contribution in [0.4, 0.5) is 5.69 Å². The topological polar surface area (TPSA) is 15.3 Å². The van der Waals surface area contributed by atoms with Crippen LogP contribution in [-0.2, 0) is 0 Å².